The van der Waals surface area contributed by atoms with E-state index in [9.17, 15) is 9.59 Å². The van der Waals surface area contributed by atoms with Crippen LogP contribution in [0.25, 0.3) is 0 Å². The van der Waals surface area contributed by atoms with E-state index in [4.69, 9.17) is 0 Å². The summed E-state index contributed by atoms with van der Waals surface area (Å²) in [5.41, 5.74) is 1.11. The standard InChI is InChI=1S/C18H24N6O2/c1-2-16-13-22(17(25)9-11-23-14-19-20-21-23)10-8-18(26)24(16)12-15-6-4-3-5-7-15/h3-7,14,16H,2,8-13H2,1H3/t16-/m1/s1. The molecule has 1 aliphatic heterocycles. The molecule has 0 bridgehead atoms. The van der Waals surface area contributed by atoms with Gasteiger partial charge in [0, 0.05) is 38.5 Å². The SMILES string of the molecule is CC[C@@H]1CN(C(=O)CCn2cnnn2)CCC(=O)N1Cc1ccccc1. The number of rotatable bonds is 6. The molecule has 2 amide bonds. The van der Waals surface area contributed by atoms with E-state index in [1.165, 1.54) is 6.33 Å². The van der Waals surface area contributed by atoms with Crippen LogP contribution in [0.15, 0.2) is 36.7 Å². The van der Waals surface area contributed by atoms with Gasteiger partial charge in [0.15, 0.2) is 0 Å². The zero-order chi connectivity index (χ0) is 18.4. The van der Waals surface area contributed by atoms with Gasteiger partial charge in [0.2, 0.25) is 11.8 Å². The van der Waals surface area contributed by atoms with Gasteiger partial charge in [-0.1, -0.05) is 37.3 Å². The van der Waals surface area contributed by atoms with Crippen LogP contribution >= 0.6 is 0 Å². The zero-order valence-corrected chi connectivity index (χ0v) is 15.0. The molecule has 8 heteroatoms. The number of carbonyl (C=O) groups excluding carboxylic acids is 2. The summed E-state index contributed by atoms with van der Waals surface area (Å²) in [5.74, 6) is 0.143. The van der Waals surface area contributed by atoms with Crippen LogP contribution in [0.1, 0.15) is 31.7 Å². The smallest absolute Gasteiger partial charge is 0.224 e. The molecule has 3 rings (SSSR count). The molecule has 1 aromatic carbocycles. The molecule has 1 aliphatic rings. The molecule has 0 N–H and O–H groups in total. The molecule has 0 spiro atoms. The third-order valence-electron chi connectivity index (χ3n) is 4.75. The molecule has 138 valence electrons. The second-order valence-electron chi connectivity index (χ2n) is 6.48. The molecule has 1 saturated heterocycles. The molecule has 8 nitrogen and oxygen atoms in total. The molecule has 2 aromatic rings. The summed E-state index contributed by atoms with van der Waals surface area (Å²) >= 11 is 0. The molecule has 1 atom stereocenters. The fourth-order valence-electron chi connectivity index (χ4n) is 3.25. The maximum atomic E-state index is 12.7. The topological polar surface area (TPSA) is 84.2 Å². The van der Waals surface area contributed by atoms with E-state index in [-0.39, 0.29) is 17.9 Å². The van der Waals surface area contributed by atoms with E-state index in [1.54, 1.807) is 9.58 Å². The summed E-state index contributed by atoms with van der Waals surface area (Å²) in [6, 6.07) is 10.0. The van der Waals surface area contributed by atoms with Crippen LogP contribution < -0.4 is 0 Å². The van der Waals surface area contributed by atoms with Gasteiger partial charge in [-0.2, -0.15) is 0 Å². The minimum absolute atomic E-state index is 0.0298. The molecule has 26 heavy (non-hydrogen) atoms. The average Bonchev–Trinajstić information content (AvgIpc) is 3.13. The van der Waals surface area contributed by atoms with Gasteiger partial charge in [0.1, 0.15) is 6.33 Å². The van der Waals surface area contributed by atoms with Crippen molar-refractivity contribution < 1.29 is 9.59 Å². The summed E-state index contributed by atoms with van der Waals surface area (Å²) in [6.07, 6.45) is 3.00. The number of amides is 2. The molecule has 1 aromatic heterocycles. The highest BCUT2D eigenvalue weighted by molar-refractivity contribution is 5.80. The maximum absolute atomic E-state index is 12.7. The lowest BCUT2D eigenvalue weighted by atomic mass is 10.1. The van der Waals surface area contributed by atoms with Crippen LogP contribution in [0.4, 0.5) is 0 Å². The van der Waals surface area contributed by atoms with Crippen molar-refractivity contribution in [1.82, 2.24) is 30.0 Å². The molecule has 0 aliphatic carbocycles. The minimum atomic E-state index is 0.0298. The molecule has 1 fully saturated rings. The Kier molecular flexibility index (Phi) is 5.93. The third kappa shape index (κ3) is 4.44. The molecule has 0 radical (unpaired) electrons. The third-order valence-corrected chi connectivity index (χ3v) is 4.75. The van der Waals surface area contributed by atoms with Gasteiger partial charge in [-0.15, -0.1) is 5.10 Å². The number of hydrogen-bond acceptors (Lipinski definition) is 5. The number of aromatic nitrogens is 4. The number of nitrogens with zero attached hydrogens (tertiary/aromatic N) is 6. The van der Waals surface area contributed by atoms with Crippen molar-refractivity contribution in [2.45, 2.75) is 45.3 Å². The van der Waals surface area contributed by atoms with Gasteiger partial charge >= 0.3 is 0 Å². The van der Waals surface area contributed by atoms with Crippen LogP contribution in [-0.2, 0) is 22.7 Å². The summed E-state index contributed by atoms with van der Waals surface area (Å²) in [6.45, 7) is 4.13. The highest BCUT2D eigenvalue weighted by atomic mass is 16.2. The number of aryl methyl sites for hydroxylation is 1. The monoisotopic (exact) mass is 356 g/mol. The second kappa shape index (κ2) is 8.55. The van der Waals surface area contributed by atoms with Crippen molar-refractivity contribution in [3.05, 3.63) is 42.2 Å². The number of hydrogen-bond donors (Lipinski definition) is 0. The number of benzene rings is 1. The fraction of sp³-hybridized carbons (Fsp3) is 0.500. The van der Waals surface area contributed by atoms with Gasteiger partial charge < -0.3 is 9.80 Å². The van der Waals surface area contributed by atoms with Crippen molar-refractivity contribution in [3.63, 3.8) is 0 Å². The Bertz CT molecular complexity index is 719. The van der Waals surface area contributed by atoms with Crippen molar-refractivity contribution in [1.29, 1.82) is 0 Å². The van der Waals surface area contributed by atoms with Crippen LogP contribution in [-0.4, -0.2) is 61.0 Å². The van der Waals surface area contributed by atoms with E-state index in [2.05, 4.69) is 22.4 Å². The molecular formula is C18H24N6O2. The van der Waals surface area contributed by atoms with Gasteiger partial charge in [-0.3, -0.25) is 9.59 Å². The Hall–Kier alpha value is -2.77. The Morgan fingerprint density at radius 1 is 1.27 bits per heavy atom. The summed E-state index contributed by atoms with van der Waals surface area (Å²) < 4.78 is 1.54. The van der Waals surface area contributed by atoms with E-state index < -0.39 is 0 Å². The Morgan fingerprint density at radius 3 is 2.77 bits per heavy atom. The Morgan fingerprint density at radius 2 is 2.08 bits per heavy atom. The second-order valence-corrected chi connectivity index (χ2v) is 6.48. The first kappa shape index (κ1) is 18.0. The molecule has 0 unspecified atom stereocenters. The van der Waals surface area contributed by atoms with E-state index >= 15 is 0 Å². The Labute approximate surface area is 152 Å². The molecular weight excluding hydrogens is 332 g/mol. The fourth-order valence-corrected chi connectivity index (χ4v) is 3.25. The van der Waals surface area contributed by atoms with Crippen LogP contribution in [0, 0.1) is 0 Å². The highest BCUT2D eigenvalue weighted by Crippen LogP contribution is 2.18. The van der Waals surface area contributed by atoms with Crippen LogP contribution in [0.5, 0.6) is 0 Å². The van der Waals surface area contributed by atoms with Gasteiger partial charge in [0.25, 0.3) is 0 Å². The van der Waals surface area contributed by atoms with Crippen LogP contribution in [0.2, 0.25) is 0 Å². The first-order chi connectivity index (χ1) is 12.7. The van der Waals surface area contributed by atoms with Gasteiger partial charge in [-0.05, 0) is 22.4 Å². The quantitative estimate of drug-likeness (QED) is 0.774. The van der Waals surface area contributed by atoms with Crippen molar-refractivity contribution >= 4 is 11.8 Å². The molecule has 2 heterocycles. The number of carbonyl (C=O) groups is 2. The van der Waals surface area contributed by atoms with E-state index in [0.29, 0.717) is 39.0 Å². The molecule has 0 saturated carbocycles. The lowest BCUT2D eigenvalue weighted by molar-refractivity contribution is -0.133. The lowest BCUT2D eigenvalue weighted by Gasteiger charge is -2.31. The minimum Gasteiger partial charge on any atom is -0.340 e. The van der Waals surface area contributed by atoms with E-state index in [1.807, 2.05) is 35.2 Å². The summed E-state index contributed by atoms with van der Waals surface area (Å²) in [4.78, 5) is 29.0. The van der Waals surface area contributed by atoms with Gasteiger partial charge in [0.05, 0.1) is 6.54 Å². The van der Waals surface area contributed by atoms with Crippen molar-refractivity contribution in [3.8, 4) is 0 Å². The average molecular weight is 356 g/mol. The summed E-state index contributed by atoms with van der Waals surface area (Å²) in [7, 11) is 0. The van der Waals surface area contributed by atoms with Gasteiger partial charge in [-0.25, -0.2) is 4.68 Å². The largest absolute Gasteiger partial charge is 0.340 e. The van der Waals surface area contributed by atoms with Crippen molar-refractivity contribution in [2.75, 3.05) is 13.1 Å². The van der Waals surface area contributed by atoms with E-state index in [0.717, 1.165) is 12.0 Å². The van der Waals surface area contributed by atoms with Crippen molar-refractivity contribution in [2.24, 2.45) is 0 Å². The predicted octanol–water partition coefficient (Wildman–Crippen LogP) is 1.10. The zero-order valence-electron chi connectivity index (χ0n) is 15.0. The lowest BCUT2D eigenvalue weighted by Crippen LogP contribution is -2.43. The predicted molar refractivity (Wildman–Crippen MR) is 94.7 cm³/mol. The highest BCUT2D eigenvalue weighted by Gasteiger charge is 2.30. The Balaban J connectivity index is 1.64. The first-order valence-corrected chi connectivity index (χ1v) is 8.99. The van der Waals surface area contributed by atoms with Crippen LogP contribution in [0.3, 0.4) is 0 Å². The maximum Gasteiger partial charge on any atom is 0.224 e. The number of tetrazole rings is 1. The first-order valence-electron chi connectivity index (χ1n) is 8.99. The normalized spacial score (nSPS) is 18.0. The summed E-state index contributed by atoms with van der Waals surface area (Å²) in [5, 5.41) is 10.9.